The fourth-order valence-electron chi connectivity index (χ4n) is 1.75. The maximum absolute atomic E-state index is 13.2. The Morgan fingerprint density at radius 2 is 1.12 bits per heavy atom. The molecule has 146 valence electrons. The predicted octanol–water partition coefficient (Wildman–Crippen LogP) is 6.26. The van der Waals surface area contributed by atoms with E-state index in [4.69, 9.17) is 4.43 Å². The summed E-state index contributed by atoms with van der Waals surface area (Å²) in [4.78, 5) is 0. The lowest BCUT2D eigenvalue weighted by molar-refractivity contribution is -0.396. The average molecular weight is 392 g/mol. The summed E-state index contributed by atoms with van der Waals surface area (Å²) < 4.78 is 119. The Balaban J connectivity index is 4.44. The molecule has 0 saturated heterocycles. The lowest BCUT2D eigenvalue weighted by Crippen LogP contribution is -2.60. The molecule has 0 aromatic carbocycles. The minimum atomic E-state index is -6.80. The third-order valence-electron chi connectivity index (χ3n) is 3.13. The molecule has 0 aliphatic rings. The molecular formula is C13H21F9OSi. The van der Waals surface area contributed by atoms with Crippen LogP contribution < -0.4 is 0 Å². The van der Waals surface area contributed by atoms with Crippen molar-refractivity contribution in [2.45, 2.75) is 75.7 Å². The van der Waals surface area contributed by atoms with Crippen LogP contribution in [-0.2, 0) is 4.43 Å². The van der Waals surface area contributed by atoms with Crippen LogP contribution >= 0.6 is 0 Å². The summed E-state index contributed by atoms with van der Waals surface area (Å²) in [5.41, 5.74) is 0. The van der Waals surface area contributed by atoms with E-state index < -0.39 is 45.1 Å². The fourth-order valence-corrected chi connectivity index (χ4v) is 2.50. The van der Waals surface area contributed by atoms with E-state index in [2.05, 4.69) is 0 Å². The third-order valence-corrected chi connectivity index (χ3v) is 4.20. The summed E-state index contributed by atoms with van der Waals surface area (Å²) in [5.74, 6) is -18.8. The van der Waals surface area contributed by atoms with Crippen LogP contribution in [0, 0.1) is 0 Å². The van der Waals surface area contributed by atoms with Crippen LogP contribution in [0.2, 0.25) is 19.6 Å². The van der Waals surface area contributed by atoms with Gasteiger partial charge in [-0.3, -0.25) is 0 Å². The van der Waals surface area contributed by atoms with Gasteiger partial charge in [0.2, 0.25) is 0 Å². The van der Waals surface area contributed by atoms with E-state index >= 15 is 0 Å². The van der Waals surface area contributed by atoms with Gasteiger partial charge in [-0.25, -0.2) is 0 Å². The Morgan fingerprint density at radius 1 is 0.667 bits per heavy atom. The molecule has 0 N–H and O–H groups in total. The Bertz CT molecular complexity index is 388. The van der Waals surface area contributed by atoms with Crippen molar-refractivity contribution in [2.75, 3.05) is 6.61 Å². The summed E-state index contributed by atoms with van der Waals surface area (Å²) in [6.07, 6.45) is -8.32. The molecule has 0 aromatic rings. The van der Waals surface area contributed by atoms with Crippen LogP contribution in [0.5, 0.6) is 0 Å². The molecule has 0 aromatic heterocycles. The highest BCUT2D eigenvalue weighted by Crippen LogP contribution is 2.54. The molecule has 0 bridgehead atoms. The molecule has 0 radical (unpaired) electrons. The molecule has 0 amide bonds. The molecule has 11 heteroatoms. The number of halogens is 9. The van der Waals surface area contributed by atoms with Gasteiger partial charge in [0.05, 0.1) is 0 Å². The minimum absolute atomic E-state index is 0.00167. The number of hydrogen-bond donors (Lipinski definition) is 0. The molecule has 0 fully saturated rings. The largest absolute Gasteiger partial charge is 0.460 e. The second kappa shape index (κ2) is 7.84. The van der Waals surface area contributed by atoms with Gasteiger partial charge in [0, 0.05) is 13.0 Å². The van der Waals surface area contributed by atoms with Crippen LogP contribution in [0.3, 0.4) is 0 Å². The number of alkyl halides is 9. The molecule has 0 aliphatic heterocycles. The standard InChI is InChI=1S/C13H21F9OSi/c1-24(2,3)23-9-7-5-4-6-8-10(14,15)11(16,17)12(18,19)13(20,21)22/h4-9H2,1-3H3. The molecule has 0 aliphatic carbocycles. The first-order chi connectivity index (χ1) is 10.5. The maximum Gasteiger partial charge on any atom is 0.460 e. The topological polar surface area (TPSA) is 9.23 Å². The van der Waals surface area contributed by atoms with Gasteiger partial charge in [-0.15, -0.1) is 0 Å². The number of unbranched alkanes of at least 4 members (excludes halogenated alkanes) is 3. The lowest BCUT2D eigenvalue weighted by Gasteiger charge is -2.33. The molecule has 0 spiro atoms. The van der Waals surface area contributed by atoms with Crippen LogP contribution in [0.1, 0.15) is 32.1 Å². The van der Waals surface area contributed by atoms with Crippen molar-refractivity contribution in [1.29, 1.82) is 0 Å². The van der Waals surface area contributed by atoms with Gasteiger partial charge in [0.25, 0.3) is 0 Å². The Hall–Kier alpha value is -0.453. The van der Waals surface area contributed by atoms with Crippen molar-refractivity contribution >= 4 is 8.32 Å². The van der Waals surface area contributed by atoms with Gasteiger partial charge in [0.15, 0.2) is 8.32 Å². The van der Waals surface area contributed by atoms with Gasteiger partial charge in [-0.1, -0.05) is 12.8 Å². The molecule has 0 unspecified atom stereocenters. The Morgan fingerprint density at radius 3 is 1.54 bits per heavy atom. The normalized spacial score (nSPS) is 15.0. The first-order valence-electron chi connectivity index (χ1n) is 7.30. The van der Waals surface area contributed by atoms with Crippen molar-refractivity contribution < 1.29 is 43.9 Å². The summed E-state index contributed by atoms with van der Waals surface area (Å²) in [7, 11) is -1.73. The van der Waals surface area contributed by atoms with Crippen LogP contribution in [-0.4, -0.2) is 38.9 Å². The monoisotopic (exact) mass is 392 g/mol. The number of rotatable bonds is 10. The third kappa shape index (κ3) is 6.12. The molecule has 0 heterocycles. The minimum Gasteiger partial charge on any atom is -0.418 e. The quantitative estimate of drug-likeness (QED) is 0.242. The molecule has 0 rings (SSSR count). The van der Waals surface area contributed by atoms with Crippen molar-refractivity contribution in [1.82, 2.24) is 0 Å². The van der Waals surface area contributed by atoms with E-state index in [0.29, 0.717) is 19.4 Å². The second-order valence-electron chi connectivity index (χ2n) is 6.48. The first kappa shape index (κ1) is 23.5. The molecule has 0 atom stereocenters. The van der Waals surface area contributed by atoms with Crippen LogP contribution in [0.25, 0.3) is 0 Å². The summed E-state index contributed by atoms with van der Waals surface area (Å²) in [6.45, 7) is 6.14. The Kier molecular flexibility index (Phi) is 7.69. The zero-order valence-electron chi connectivity index (χ0n) is 13.6. The number of hydrogen-bond acceptors (Lipinski definition) is 1. The van der Waals surface area contributed by atoms with Crippen molar-refractivity contribution in [3.63, 3.8) is 0 Å². The summed E-state index contributed by atoms with van der Waals surface area (Å²) in [6, 6.07) is 0. The van der Waals surface area contributed by atoms with Crippen molar-refractivity contribution in [2.24, 2.45) is 0 Å². The Labute approximate surface area is 135 Å². The predicted molar refractivity (Wildman–Crippen MR) is 73.3 cm³/mol. The first-order valence-corrected chi connectivity index (χ1v) is 10.7. The fraction of sp³-hybridized carbons (Fsp3) is 1.00. The van der Waals surface area contributed by atoms with Gasteiger partial charge in [-0.2, -0.15) is 39.5 Å². The van der Waals surface area contributed by atoms with E-state index in [1.54, 1.807) is 0 Å². The van der Waals surface area contributed by atoms with Gasteiger partial charge in [-0.05, 0) is 32.5 Å². The SMILES string of the molecule is C[Si](C)(C)OCCCCCCC(F)(F)C(F)(F)C(F)(F)C(F)(F)F. The summed E-state index contributed by atoms with van der Waals surface area (Å²) in [5, 5.41) is 0. The van der Waals surface area contributed by atoms with Gasteiger partial charge in [0.1, 0.15) is 0 Å². The van der Waals surface area contributed by atoms with E-state index in [9.17, 15) is 39.5 Å². The van der Waals surface area contributed by atoms with Gasteiger partial charge >= 0.3 is 23.9 Å². The van der Waals surface area contributed by atoms with Crippen LogP contribution in [0.15, 0.2) is 0 Å². The summed E-state index contributed by atoms with van der Waals surface area (Å²) >= 11 is 0. The van der Waals surface area contributed by atoms with E-state index in [-0.39, 0.29) is 6.42 Å². The zero-order chi connectivity index (χ0) is 19.4. The molecule has 24 heavy (non-hydrogen) atoms. The highest BCUT2D eigenvalue weighted by atomic mass is 28.4. The van der Waals surface area contributed by atoms with E-state index in [1.165, 1.54) is 0 Å². The molecular weight excluding hydrogens is 371 g/mol. The lowest BCUT2D eigenvalue weighted by atomic mass is 9.98. The van der Waals surface area contributed by atoms with E-state index in [1.807, 2.05) is 19.6 Å². The van der Waals surface area contributed by atoms with Crippen LogP contribution in [0.4, 0.5) is 39.5 Å². The van der Waals surface area contributed by atoms with Crippen molar-refractivity contribution in [3.05, 3.63) is 0 Å². The zero-order valence-corrected chi connectivity index (χ0v) is 14.6. The maximum atomic E-state index is 13.2. The van der Waals surface area contributed by atoms with Gasteiger partial charge < -0.3 is 4.43 Å². The highest BCUT2D eigenvalue weighted by Gasteiger charge is 2.81. The second-order valence-corrected chi connectivity index (χ2v) is 11.0. The smallest absolute Gasteiger partial charge is 0.418 e. The van der Waals surface area contributed by atoms with E-state index in [0.717, 1.165) is 0 Å². The average Bonchev–Trinajstić information content (AvgIpc) is 2.34. The molecule has 0 saturated carbocycles. The molecule has 1 nitrogen and oxygen atoms in total. The highest BCUT2D eigenvalue weighted by molar-refractivity contribution is 6.69. The van der Waals surface area contributed by atoms with Crippen molar-refractivity contribution in [3.8, 4) is 0 Å².